The summed E-state index contributed by atoms with van der Waals surface area (Å²) in [5.41, 5.74) is 25.4. The zero-order valence-corrected chi connectivity index (χ0v) is 49.5. The van der Waals surface area contributed by atoms with Crippen LogP contribution in [0.25, 0.3) is 121 Å². The smallest absolute Gasteiger partial charge is 0.0540 e. The number of hydrogen-bond acceptors (Lipinski definition) is 2. The molecule has 16 aromatic carbocycles. The van der Waals surface area contributed by atoms with Gasteiger partial charge in [-0.15, -0.1) is 0 Å². The maximum atomic E-state index is 2.42. The summed E-state index contributed by atoms with van der Waals surface area (Å²) >= 11 is 0. The average molecular weight is 1150 g/mol. The van der Waals surface area contributed by atoms with Crippen LogP contribution in [0, 0.1) is 0 Å². The highest BCUT2D eigenvalue weighted by atomic mass is 15.1. The van der Waals surface area contributed by atoms with Crippen LogP contribution in [-0.4, -0.2) is 0 Å². The molecule has 0 spiro atoms. The van der Waals surface area contributed by atoms with E-state index in [2.05, 4.69) is 374 Å². The molecule has 0 aliphatic carbocycles. The summed E-state index contributed by atoms with van der Waals surface area (Å²) in [4.78, 5) is 4.83. The highest BCUT2D eigenvalue weighted by Crippen LogP contribution is 2.48. The van der Waals surface area contributed by atoms with E-state index in [0.717, 1.165) is 56.4 Å². The summed E-state index contributed by atoms with van der Waals surface area (Å²) in [6.45, 7) is 0. The minimum atomic E-state index is 1.07. The van der Waals surface area contributed by atoms with Gasteiger partial charge in [0.25, 0.3) is 0 Å². The molecule has 0 saturated heterocycles. The van der Waals surface area contributed by atoms with Crippen LogP contribution in [0.5, 0.6) is 0 Å². The maximum Gasteiger partial charge on any atom is 0.0540 e. The molecule has 0 unspecified atom stereocenters. The number of hydrogen-bond donors (Lipinski definition) is 0. The minimum absolute atomic E-state index is 1.07. The van der Waals surface area contributed by atoms with E-state index in [-0.39, 0.29) is 0 Å². The van der Waals surface area contributed by atoms with E-state index in [1.807, 2.05) is 0 Å². The Labute approximate surface area is 526 Å². The lowest BCUT2D eigenvalue weighted by Crippen LogP contribution is -2.11. The van der Waals surface area contributed by atoms with E-state index in [0.29, 0.717) is 0 Å². The largest absolute Gasteiger partial charge is 0.310 e. The van der Waals surface area contributed by atoms with E-state index in [9.17, 15) is 0 Å². The fraction of sp³-hybridized carbons (Fsp3) is 0. The molecular formula is C88H60N2. The lowest BCUT2D eigenvalue weighted by Gasteiger charge is -2.29. The van der Waals surface area contributed by atoms with Crippen molar-refractivity contribution in [3.8, 4) is 89.0 Å². The van der Waals surface area contributed by atoms with E-state index >= 15 is 0 Å². The molecule has 0 fully saturated rings. The highest BCUT2D eigenvalue weighted by Gasteiger charge is 2.23. The molecule has 2 nitrogen and oxygen atoms in total. The van der Waals surface area contributed by atoms with Gasteiger partial charge < -0.3 is 9.80 Å². The van der Waals surface area contributed by atoms with Crippen molar-refractivity contribution in [2.75, 3.05) is 9.80 Å². The third kappa shape index (κ3) is 10.1. The maximum absolute atomic E-state index is 2.42. The molecule has 2 heteroatoms. The SMILES string of the molecule is c1ccc(-c2ccc(N(c3ccc(-c4ccc5ccc6c(-c7ccc(N(c8ccc(-c9ccccc9)cc8)c8ccc(-c9ccccc9)cc8-c8ccccc8)cc7)ccc7ccc4c5c76)cc3)c3ccc(-c4ccccc4)cc3-c3ccccc3)cc2)cc1. The monoisotopic (exact) mass is 1140 g/mol. The van der Waals surface area contributed by atoms with Gasteiger partial charge in [0, 0.05) is 33.9 Å². The van der Waals surface area contributed by atoms with Crippen molar-refractivity contribution in [1.82, 2.24) is 0 Å². The molecule has 0 atom stereocenters. The van der Waals surface area contributed by atoms with Crippen molar-refractivity contribution < 1.29 is 0 Å². The molecule has 0 radical (unpaired) electrons. The fourth-order valence-corrected chi connectivity index (χ4v) is 13.4. The Bertz CT molecular complexity index is 4820. The van der Waals surface area contributed by atoms with Crippen LogP contribution in [0.15, 0.2) is 364 Å². The lowest BCUT2D eigenvalue weighted by molar-refractivity contribution is 1.28. The number of benzene rings is 16. The zero-order chi connectivity index (χ0) is 59.7. The van der Waals surface area contributed by atoms with Crippen molar-refractivity contribution >= 4 is 66.4 Å². The first kappa shape index (κ1) is 53.6. The van der Waals surface area contributed by atoms with E-state index < -0.39 is 0 Å². The summed E-state index contributed by atoms with van der Waals surface area (Å²) in [6, 6.07) is 133. The lowest BCUT2D eigenvalue weighted by atomic mass is 9.87. The molecule has 0 N–H and O–H groups in total. The predicted octanol–water partition coefficient (Wildman–Crippen LogP) is 24.9. The van der Waals surface area contributed by atoms with Crippen LogP contribution in [0.2, 0.25) is 0 Å². The number of anilines is 6. The van der Waals surface area contributed by atoms with Crippen molar-refractivity contribution in [1.29, 1.82) is 0 Å². The summed E-state index contributed by atoms with van der Waals surface area (Å²) < 4.78 is 0. The molecule has 0 saturated carbocycles. The molecule has 90 heavy (non-hydrogen) atoms. The molecule has 0 aromatic heterocycles. The predicted molar refractivity (Wildman–Crippen MR) is 383 cm³/mol. The van der Waals surface area contributed by atoms with Gasteiger partial charge in [-0.3, -0.25) is 0 Å². The average Bonchev–Trinajstić information content (AvgIpc) is 0.764. The second-order valence-corrected chi connectivity index (χ2v) is 23.2. The van der Waals surface area contributed by atoms with Crippen LogP contribution in [-0.2, 0) is 0 Å². The Balaban J connectivity index is 0.779. The van der Waals surface area contributed by atoms with Crippen LogP contribution in [0.4, 0.5) is 34.1 Å². The van der Waals surface area contributed by atoms with Crippen molar-refractivity contribution in [2.24, 2.45) is 0 Å². The van der Waals surface area contributed by atoms with E-state index in [1.165, 1.54) is 99.1 Å². The topological polar surface area (TPSA) is 6.48 Å². The second-order valence-electron chi connectivity index (χ2n) is 23.2. The van der Waals surface area contributed by atoms with Gasteiger partial charge in [-0.05, 0) is 183 Å². The summed E-state index contributed by atoms with van der Waals surface area (Å²) in [7, 11) is 0. The first-order valence-electron chi connectivity index (χ1n) is 31.0. The van der Waals surface area contributed by atoms with Gasteiger partial charge in [0.15, 0.2) is 0 Å². The highest BCUT2D eigenvalue weighted by molar-refractivity contribution is 6.27. The summed E-state index contributed by atoms with van der Waals surface area (Å²) in [6.07, 6.45) is 0. The molecular weight excluding hydrogens is 1080 g/mol. The van der Waals surface area contributed by atoms with Gasteiger partial charge >= 0.3 is 0 Å². The Kier molecular flexibility index (Phi) is 14.0. The second kappa shape index (κ2) is 23.4. The minimum Gasteiger partial charge on any atom is -0.310 e. The van der Waals surface area contributed by atoms with Gasteiger partial charge in [0.05, 0.1) is 11.4 Å². The Morgan fingerprint density at radius 2 is 0.389 bits per heavy atom. The first-order valence-corrected chi connectivity index (χ1v) is 31.0. The summed E-state index contributed by atoms with van der Waals surface area (Å²) in [5.74, 6) is 0. The fourth-order valence-electron chi connectivity index (χ4n) is 13.4. The molecule has 0 heterocycles. The Morgan fingerprint density at radius 1 is 0.156 bits per heavy atom. The van der Waals surface area contributed by atoms with Crippen LogP contribution < -0.4 is 9.80 Å². The van der Waals surface area contributed by atoms with E-state index in [4.69, 9.17) is 0 Å². The van der Waals surface area contributed by atoms with Crippen LogP contribution in [0.1, 0.15) is 0 Å². The van der Waals surface area contributed by atoms with Crippen molar-refractivity contribution in [2.45, 2.75) is 0 Å². The molecule has 0 bridgehead atoms. The third-order valence-corrected chi connectivity index (χ3v) is 17.9. The normalized spacial score (nSPS) is 11.3. The summed E-state index contributed by atoms with van der Waals surface area (Å²) in [5, 5.41) is 7.51. The van der Waals surface area contributed by atoms with Gasteiger partial charge in [-0.25, -0.2) is 0 Å². The number of rotatable bonds is 14. The molecule has 0 aliphatic heterocycles. The van der Waals surface area contributed by atoms with Gasteiger partial charge in [-0.1, -0.05) is 291 Å². The third-order valence-electron chi connectivity index (χ3n) is 17.9. The molecule has 0 aliphatic rings. The Morgan fingerprint density at radius 3 is 0.700 bits per heavy atom. The van der Waals surface area contributed by atoms with Crippen LogP contribution >= 0.6 is 0 Å². The van der Waals surface area contributed by atoms with Crippen LogP contribution in [0.3, 0.4) is 0 Å². The first-order chi connectivity index (χ1) is 44.6. The van der Waals surface area contributed by atoms with Gasteiger partial charge in [0.2, 0.25) is 0 Å². The van der Waals surface area contributed by atoms with Crippen molar-refractivity contribution in [3.05, 3.63) is 364 Å². The Hall–Kier alpha value is -11.8. The zero-order valence-electron chi connectivity index (χ0n) is 49.5. The number of nitrogens with zero attached hydrogens (tertiary/aromatic N) is 2. The van der Waals surface area contributed by atoms with Gasteiger partial charge in [0.1, 0.15) is 0 Å². The molecule has 0 amide bonds. The molecule has 422 valence electrons. The van der Waals surface area contributed by atoms with Gasteiger partial charge in [-0.2, -0.15) is 0 Å². The standard InChI is InChI=1S/C88H60N2/c1-7-19-61(20-8-1)65-31-45-75(46-32-65)89(85-57-43-73(63-23-11-3-12-24-63)59-83(85)67-27-15-5-16-28-67)77-49-35-69(36-50-77)79-53-39-71-42-56-82-80(54-40-72-41-55-81(79)87(71)88(72)82)70-37-51-78(52-38-70)90(76-47-33-66(34-48-76)62-21-9-2-10-22-62)86-58-44-74(64-25-13-4-14-26-64)60-84(86)68-29-17-6-18-30-68/h1-60H. The molecule has 16 rings (SSSR count). The molecule has 16 aromatic rings. The van der Waals surface area contributed by atoms with E-state index in [1.54, 1.807) is 0 Å². The quantitative estimate of drug-likeness (QED) is 0.100. The van der Waals surface area contributed by atoms with Crippen molar-refractivity contribution in [3.63, 3.8) is 0 Å².